The van der Waals surface area contributed by atoms with E-state index >= 15 is 0 Å². The largest absolute Gasteiger partial charge is 0.369 e. The van der Waals surface area contributed by atoms with Crippen LogP contribution in [0.15, 0.2) is 24.3 Å². The van der Waals surface area contributed by atoms with Crippen LogP contribution in [-0.2, 0) is 6.54 Å². The Hall–Kier alpha value is -1.02. The number of piperidine rings is 1. The molecule has 0 aromatic heterocycles. The normalized spacial score (nSPS) is 20.6. The highest BCUT2D eigenvalue weighted by Gasteiger charge is 2.20. The van der Waals surface area contributed by atoms with Gasteiger partial charge in [0.05, 0.1) is 0 Å². The minimum Gasteiger partial charge on any atom is -0.369 e. The Bertz CT molecular complexity index is 331. The summed E-state index contributed by atoms with van der Waals surface area (Å²) in [4.78, 5) is 2.59. The maximum absolute atomic E-state index is 3.19. The molecule has 2 rings (SSSR count). The molecule has 0 bridgehead atoms. The van der Waals surface area contributed by atoms with Gasteiger partial charge in [-0.05, 0) is 50.4 Å². The van der Waals surface area contributed by atoms with Gasteiger partial charge in [0.15, 0.2) is 0 Å². The lowest BCUT2D eigenvalue weighted by Gasteiger charge is -2.37. The van der Waals surface area contributed by atoms with Crippen molar-refractivity contribution in [3.05, 3.63) is 29.8 Å². The summed E-state index contributed by atoms with van der Waals surface area (Å²) in [6.45, 7) is 4.49. The second kappa shape index (κ2) is 6.06. The maximum atomic E-state index is 3.19. The van der Waals surface area contributed by atoms with Crippen LogP contribution < -0.4 is 10.2 Å². The van der Waals surface area contributed by atoms with Gasteiger partial charge < -0.3 is 10.2 Å². The van der Waals surface area contributed by atoms with Crippen molar-refractivity contribution in [2.24, 2.45) is 0 Å². The Kier molecular flexibility index (Phi) is 4.43. The topological polar surface area (TPSA) is 15.3 Å². The van der Waals surface area contributed by atoms with E-state index in [0.29, 0.717) is 0 Å². The standard InChI is InChI=1S/C15H24N2/c1-3-14-6-4-5-11-17(14)15-9-7-13(8-10-15)12-16-2/h7-10,14,16H,3-6,11-12H2,1-2H3. The van der Waals surface area contributed by atoms with E-state index in [4.69, 9.17) is 0 Å². The van der Waals surface area contributed by atoms with Crippen molar-refractivity contribution in [2.75, 3.05) is 18.5 Å². The molecule has 94 valence electrons. The van der Waals surface area contributed by atoms with Crippen LogP contribution >= 0.6 is 0 Å². The Labute approximate surface area is 105 Å². The lowest BCUT2D eigenvalue weighted by atomic mass is 9.99. The fourth-order valence-electron chi connectivity index (χ4n) is 2.77. The summed E-state index contributed by atoms with van der Waals surface area (Å²) < 4.78 is 0. The van der Waals surface area contributed by atoms with E-state index in [1.807, 2.05) is 7.05 Å². The molecule has 0 aliphatic carbocycles. The van der Waals surface area contributed by atoms with Crippen LogP contribution in [0.4, 0.5) is 5.69 Å². The van der Waals surface area contributed by atoms with Gasteiger partial charge in [-0.3, -0.25) is 0 Å². The fraction of sp³-hybridized carbons (Fsp3) is 0.600. The quantitative estimate of drug-likeness (QED) is 0.857. The lowest BCUT2D eigenvalue weighted by molar-refractivity contribution is 0.450. The summed E-state index contributed by atoms with van der Waals surface area (Å²) >= 11 is 0. The molecule has 1 aromatic rings. The van der Waals surface area contributed by atoms with Crippen molar-refractivity contribution >= 4 is 5.69 Å². The second-order valence-corrected chi connectivity index (χ2v) is 4.95. The first-order valence-corrected chi connectivity index (χ1v) is 6.85. The highest BCUT2D eigenvalue weighted by molar-refractivity contribution is 5.49. The van der Waals surface area contributed by atoms with E-state index in [1.54, 1.807) is 0 Å². The molecule has 0 amide bonds. The molecular formula is C15H24N2. The molecule has 1 saturated heterocycles. The Morgan fingerprint density at radius 3 is 2.65 bits per heavy atom. The molecule has 1 aliphatic rings. The van der Waals surface area contributed by atoms with Crippen LogP contribution in [0.5, 0.6) is 0 Å². The molecule has 1 N–H and O–H groups in total. The summed E-state index contributed by atoms with van der Waals surface area (Å²) in [5.74, 6) is 0. The fourth-order valence-corrected chi connectivity index (χ4v) is 2.77. The van der Waals surface area contributed by atoms with E-state index < -0.39 is 0 Å². The van der Waals surface area contributed by atoms with E-state index in [1.165, 1.54) is 43.5 Å². The highest BCUT2D eigenvalue weighted by atomic mass is 15.2. The van der Waals surface area contributed by atoms with Gasteiger partial charge in [-0.2, -0.15) is 0 Å². The Morgan fingerprint density at radius 2 is 2.00 bits per heavy atom. The first-order valence-electron chi connectivity index (χ1n) is 6.85. The van der Waals surface area contributed by atoms with Gasteiger partial charge >= 0.3 is 0 Å². The number of anilines is 1. The van der Waals surface area contributed by atoms with Crippen molar-refractivity contribution in [3.63, 3.8) is 0 Å². The molecule has 1 unspecified atom stereocenters. The van der Waals surface area contributed by atoms with Crippen molar-refractivity contribution in [3.8, 4) is 0 Å². The molecule has 0 saturated carbocycles. The second-order valence-electron chi connectivity index (χ2n) is 4.95. The lowest BCUT2D eigenvalue weighted by Crippen LogP contribution is -2.39. The van der Waals surface area contributed by atoms with Gasteiger partial charge in [-0.25, -0.2) is 0 Å². The molecule has 2 nitrogen and oxygen atoms in total. The van der Waals surface area contributed by atoms with Crippen molar-refractivity contribution < 1.29 is 0 Å². The Balaban J connectivity index is 2.09. The SMILES string of the molecule is CCC1CCCCN1c1ccc(CNC)cc1. The molecule has 1 aliphatic heterocycles. The van der Waals surface area contributed by atoms with E-state index in [-0.39, 0.29) is 0 Å². The number of benzene rings is 1. The number of nitrogens with zero attached hydrogens (tertiary/aromatic N) is 1. The van der Waals surface area contributed by atoms with Gasteiger partial charge in [-0.1, -0.05) is 19.1 Å². The zero-order chi connectivity index (χ0) is 12.1. The van der Waals surface area contributed by atoms with Gasteiger partial charge in [0.1, 0.15) is 0 Å². The first kappa shape index (κ1) is 12.4. The number of nitrogens with one attached hydrogen (secondary N) is 1. The average Bonchev–Trinajstić information content (AvgIpc) is 2.40. The van der Waals surface area contributed by atoms with E-state index in [2.05, 4.69) is 41.4 Å². The third kappa shape index (κ3) is 3.01. The van der Waals surface area contributed by atoms with Crippen molar-refractivity contribution in [1.29, 1.82) is 0 Å². The predicted molar refractivity (Wildman–Crippen MR) is 74.5 cm³/mol. The van der Waals surface area contributed by atoms with Crippen LogP contribution in [0.3, 0.4) is 0 Å². The van der Waals surface area contributed by atoms with E-state index in [9.17, 15) is 0 Å². The summed E-state index contributed by atoms with van der Waals surface area (Å²) in [6, 6.07) is 9.79. The zero-order valence-electron chi connectivity index (χ0n) is 11.1. The van der Waals surface area contributed by atoms with Crippen molar-refractivity contribution in [2.45, 2.75) is 45.2 Å². The molecule has 1 fully saturated rings. The Morgan fingerprint density at radius 1 is 1.24 bits per heavy atom. The van der Waals surface area contributed by atoms with Crippen LogP contribution in [0, 0.1) is 0 Å². The molecule has 0 radical (unpaired) electrons. The maximum Gasteiger partial charge on any atom is 0.0368 e. The zero-order valence-corrected chi connectivity index (χ0v) is 11.1. The summed E-state index contributed by atoms with van der Waals surface area (Å²) in [5, 5.41) is 3.19. The molecule has 0 spiro atoms. The monoisotopic (exact) mass is 232 g/mol. The van der Waals surface area contributed by atoms with Gasteiger partial charge in [0.25, 0.3) is 0 Å². The molecule has 1 atom stereocenters. The third-order valence-electron chi connectivity index (χ3n) is 3.75. The van der Waals surface area contributed by atoms with Crippen molar-refractivity contribution in [1.82, 2.24) is 5.32 Å². The number of rotatable bonds is 4. The summed E-state index contributed by atoms with van der Waals surface area (Å²) in [5.41, 5.74) is 2.76. The van der Waals surface area contributed by atoms with Crippen LogP contribution in [0.1, 0.15) is 38.2 Å². The molecular weight excluding hydrogens is 208 g/mol. The first-order chi connectivity index (χ1) is 8.35. The van der Waals surface area contributed by atoms with Gasteiger partial charge in [0.2, 0.25) is 0 Å². The molecule has 2 heteroatoms. The predicted octanol–water partition coefficient (Wildman–Crippen LogP) is 3.17. The van der Waals surface area contributed by atoms with Gasteiger partial charge in [-0.15, -0.1) is 0 Å². The highest BCUT2D eigenvalue weighted by Crippen LogP contribution is 2.26. The van der Waals surface area contributed by atoms with Crippen LogP contribution in [0.25, 0.3) is 0 Å². The van der Waals surface area contributed by atoms with E-state index in [0.717, 1.165) is 12.6 Å². The minimum absolute atomic E-state index is 0.749. The molecule has 1 heterocycles. The third-order valence-corrected chi connectivity index (χ3v) is 3.75. The van der Waals surface area contributed by atoms with Crippen LogP contribution in [-0.4, -0.2) is 19.6 Å². The summed E-state index contributed by atoms with van der Waals surface area (Å²) in [7, 11) is 1.99. The van der Waals surface area contributed by atoms with Crippen LogP contribution in [0.2, 0.25) is 0 Å². The van der Waals surface area contributed by atoms with Gasteiger partial charge in [0, 0.05) is 24.8 Å². The molecule has 1 aromatic carbocycles. The number of hydrogen-bond donors (Lipinski definition) is 1. The molecule has 17 heavy (non-hydrogen) atoms. The minimum atomic E-state index is 0.749. The summed E-state index contributed by atoms with van der Waals surface area (Å²) in [6.07, 6.45) is 5.36. The smallest absolute Gasteiger partial charge is 0.0368 e. The number of hydrogen-bond acceptors (Lipinski definition) is 2. The average molecular weight is 232 g/mol.